The summed E-state index contributed by atoms with van der Waals surface area (Å²) >= 11 is 0. The Labute approximate surface area is 154 Å². The number of hydrogen-bond donors (Lipinski definition) is 3. The quantitative estimate of drug-likeness (QED) is 0.656. The SMILES string of the molecule is O=C(C[C@H]1CC[C@H](NC(=O)CC2CC2)[C@@H](CO)O1)NCc1ccccc1. The van der Waals surface area contributed by atoms with Crippen LogP contribution < -0.4 is 10.6 Å². The fraction of sp³-hybridized carbons (Fsp3) is 0.600. The van der Waals surface area contributed by atoms with Crippen LogP contribution in [0.3, 0.4) is 0 Å². The standard InChI is InChI=1S/C20H28N2O4/c23-13-18-17(22-20(25)10-14-6-7-14)9-8-16(26-18)11-19(24)21-12-15-4-2-1-3-5-15/h1-5,14,16-18,23H,6-13H2,(H,21,24)(H,22,25)/t16-,17+,18-/m1/s1. The number of ether oxygens (including phenoxy) is 1. The van der Waals surface area contributed by atoms with Gasteiger partial charge in [0.25, 0.3) is 0 Å². The Morgan fingerprint density at radius 2 is 1.81 bits per heavy atom. The Morgan fingerprint density at radius 1 is 1.04 bits per heavy atom. The van der Waals surface area contributed by atoms with Crippen LogP contribution in [-0.4, -0.2) is 41.8 Å². The summed E-state index contributed by atoms with van der Waals surface area (Å²) in [6.07, 6.45) is 3.86. The molecular weight excluding hydrogens is 332 g/mol. The van der Waals surface area contributed by atoms with Crippen LogP contribution in [0.15, 0.2) is 30.3 Å². The van der Waals surface area contributed by atoms with E-state index in [0.717, 1.165) is 24.8 Å². The monoisotopic (exact) mass is 360 g/mol. The molecule has 1 aliphatic heterocycles. The number of carbonyl (C=O) groups is 2. The Kier molecular flexibility index (Phi) is 6.63. The van der Waals surface area contributed by atoms with Crippen LogP contribution in [0, 0.1) is 5.92 Å². The zero-order valence-electron chi connectivity index (χ0n) is 15.0. The van der Waals surface area contributed by atoms with Crippen molar-refractivity contribution in [3.63, 3.8) is 0 Å². The first kappa shape index (κ1) is 18.9. The first-order valence-electron chi connectivity index (χ1n) is 9.50. The fourth-order valence-electron chi connectivity index (χ4n) is 3.37. The molecule has 142 valence electrons. The van der Waals surface area contributed by atoms with E-state index in [0.29, 0.717) is 25.3 Å². The van der Waals surface area contributed by atoms with Gasteiger partial charge in [-0.15, -0.1) is 0 Å². The fourth-order valence-corrected chi connectivity index (χ4v) is 3.37. The first-order chi connectivity index (χ1) is 12.6. The summed E-state index contributed by atoms with van der Waals surface area (Å²) in [5, 5.41) is 15.5. The summed E-state index contributed by atoms with van der Waals surface area (Å²) in [5.41, 5.74) is 1.05. The van der Waals surface area contributed by atoms with Gasteiger partial charge in [0.1, 0.15) is 6.10 Å². The minimum absolute atomic E-state index is 0.0404. The lowest BCUT2D eigenvalue weighted by atomic mass is 9.96. The Balaban J connectivity index is 1.41. The van der Waals surface area contributed by atoms with Crippen LogP contribution >= 0.6 is 0 Å². The van der Waals surface area contributed by atoms with Crippen molar-refractivity contribution in [2.75, 3.05) is 6.61 Å². The number of amides is 2. The van der Waals surface area contributed by atoms with Crippen molar-refractivity contribution in [1.29, 1.82) is 0 Å². The molecule has 3 atom stereocenters. The maximum absolute atomic E-state index is 12.1. The van der Waals surface area contributed by atoms with Crippen LogP contribution in [0.2, 0.25) is 0 Å². The van der Waals surface area contributed by atoms with E-state index in [4.69, 9.17) is 4.74 Å². The average Bonchev–Trinajstić information content (AvgIpc) is 3.46. The van der Waals surface area contributed by atoms with Gasteiger partial charge in [0.15, 0.2) is 0 Å². The third-order valence-corrected chi connectivity index (χ3v) is 5.06. The highest BCUT2D eigenvalue weighted by Crippen LogP contribution is 2.32. The summed E-state index contributed by atoms with van der Waals surface area (Å²) in [4.78, 5) is 24.1. The maximum Gasteiger partial charge on any atom is 0.222 e. The Bertz CT molecular complexity index is 603. The van der Waals surface area contributed by atoms with Crippen LogP contribution in [0.1, 0.15) is 44.1 Å². The summed E-state index contributed by atoms with van der Waals surface area (Å²) in [7, 11) is 0. The van der Waals surface area contributed by atoms with Gasteiger partial charge < -0.3 is 20.5 Å². The van der Waals surface area contributed by atoms with E-state index in [1.54, 1.807) is 0 Å². The molecule has 1 heterocycles. The molecule has 0 spiro atoms. The predicted molar refractivity (Wildman–Crippen MR) is 97.2 cm³/mol. The molecule has 3 N–H and O–H groups in total. The van der Waals surface area contributed by atoms with Gasteiger partial charge in [0.2, 0.25) is 11.8 Å². The second-order valence-corrected chi connectivity index (χ2v) is 7.34. The zero-order valence-corrected chi connectivity index (χ0v) is 15.0. The first-order valence-corrected chi connectivity index (χ1v) is 9.50. The molecule has 0 bridgehead atoms. The molecule has 0 aromatic heterocycles. The summed E-state index contributed by atoms with van der Waals surface area (Å²) in [6, 6.07) is 9.58. The topological polar surface area (TPSA) is 87.7 Å². The molecule has 1 saturated carbocycles. The van der Waals surface area contributed by atoms with Gasteiger partial charge in [-0.05, 0) is 37.2 Å². The number of nitrogens with one attached hydrogen (secondary N) is 2. The number of aliphatic hydroxyl groups is 1. The van der Waals surface area contributed by atoms with Crippen molar-refractivity contribution < 1.29 is 19.4 Å². The molecule has 26 heavy (non-hydrogen) atoms. The van der Waals surface area contributed by atoms with Gasteiger partial charge in [-0.25, -0.2) is 0 Å². The predicted octanol–water partition coefficient (Wildman–Crippen LogP) is 1.52. The van der Waals surface area contributed by atoms with Crippen molar-refractivity contribution >= 4 is 11.8 Å². The summed E-state index contributed by atoms with van der Waals surface area (Å²) in [5.74, 6) is 0.513. The van der Waals surface area contributed by atoms with Crippen molar-refractivity contribution in [2.24, 2.45) is 5.92 Å². The van der Waals surface area contributed by atoms with Crippen molar-refractivity contribution in [2.45, 2.75) is 63.3 Å². The molecule has 3 rings (SSSR count). The second-order valence-electron chi connectivity index (χ2n) is 7.34. The minimum atomic E-state index is -0.446. The lowest BCUT2D eigenvalue weighted by Crippen LogP contribution is -2.51. The number of benzene rings is 1. The lowest BCUT2D eigenvalue weighted by Gasteiger charge is -2.36. The molecule has 2 amide bonds. The molecule has 1 aliphatic carbocycles. The van der Waals surface area contributed by atoms with E-state index in [1.807, 2.05) is 30.3 Å². The van der Waals surface area contributed by atoms with Crippen molar-refractivity contribution in [1.82, 2.24) is 10.6 Å². The summed E-state index contributed by atoms with van der Waals surface area (Å²) < 4.78 is 5.87. The molecule has 6 nitrogen and oxygen atoms in total. The lowest BCUT2D eigenvalue weighted by molar-refractivity contribution is -0.136. The Hall–Kier alpha value is -1.92. The van der Waals surface area contributed by atoms with E-state index in [2.05, 4.69) is 10.6 Å². The average molecular weight is 360 g/mol. The molecule has 2 aliphatic rings. The normalized spacial score (nSPS) is 25.5. The highest BCUT2D eigenvalue weighted by Gasteiger charge is 2.34. The number of hydrogen-bond acceptors (Lipinski definition) is 4. The van der Waals surface area contributed by atoms with Crippen LogP contribution in [-0.2, 0) is 20.9 Å². The molecule has 0 unspecified atom stereocenters. The van der Waals surface area contributed by atoms with Crippen LogP contribution in [0.5, 0.6) is 0 Å². The van der Waals surface area contributed by atoms with E-state index < -0.39 is 6.10 Å². The summed E-state index contributed by atoms with van der Waals surface area (Å²) in [6.45, 7) is 0.339. The molecule has 1 aromatic rings. The number of carbonyl (C=O) groups excluding carboxylic acids is 2. The number of aliphatic hydroxyl groups excluding tert-OH is 1. The third-order valence-electron chi connectivity index (χ3n) is 5.06. The Morgan fingerprint density at radius 3 is 2.50 bits per heavy atom. The maximum atomic E-state index is 12.1. The van der Waals surface area contributed by atoms with Gasteiger partial charge in [-0.2, -0.15) is 0 Å². The smallest absolute Gasteiger partial charge is 0.222 e. The second kappa shape index (κ2) is 9.14. The van der Waals surface area contributed by atoms with E-state index in [9.17, 15) is 14.7 Å². The molecule has 2 fully saturated rings. The van der Waals surface area contributed by atoms with Crippen LogP contribution in [0.25, 0.3) is 0 Å². The van der Waals surface area contributed by atoms with Crippen molar-refractivity contribution in [3.8, 4) is 0 Å². The molecule has 0 radical (unpaired) electrons. The van der Waals surface area contributed by atoms with Gasteiger partial charge in [0.05, 0.1) is 25.2 Å². The van der Waals surface area contributed by atoms with E-state index >= 15 is 0 Å². The zero-order chi connectivity index (χ0) is 18.4. The number of rotatable bonds is 8. The van der Waals surface area contributed by atoms with E-state index in [1.165, 1.54) is 0 Å². The van der Waals surface area contributed by atoms with E-state index in [-0.39, 0.29) is 37.0 Å². The molecular formula is C20H28N2O4. The van der Waals surface area contributed by atoms with Gasteiger partial charge in [0, 0.05) is 13.0 Å². The molecule has 1 aromatic carbocycles. The van der Waals surface area contributed by atoms with Crippen molar-refractivity contribution in [3.05, 3.63) is 35.9 Å². The molecule has 1 saturated heterocycles. The highest BCUT2D eigenvalue weighted by molar-refractivity contribution is 5.77. The van der Waals surface area contributed by atoms with Crippen LogP contribution in [0.4, 0.5) is 0 Å². The minimum Gasteiger partial charge on any atom is -0.394 e. The van der Waals surface area contributed by atoms with Gasteiger partial charge in [-0.3, -0.25) is 9.59 Å². The molecule has 6 heteroatoms. The van der Waals surface area contributed by atoms with Gasteiger partial charge >= 0.3 is 0 Å². The third kappa shape index (κ3) is 5.81. The largest absolute Gasteiger partial charge is 0.394 e. The highest BCUT2D eigenvalue weighted by atomic mass is 16.5. The van der Waals surface area contributed by atoms with Gasteiger partial charge in [-0.1, -0.05) is 30.3 Å².